The molecule has 0 amide bonds. The second-order valence-electron chi connectivity index (χ2n) is 3.61. The van der Waals surface area contributed by atoms with Crippen molar-refractivity contribution in [3.63, 3.8) is 0 Å². The molecular weight excluding hydrogens is 136 g/mol. The summed E-state index contributed by atoms with van der Waals surface area (Å²) in [5.74, 6) is 0. The van der Waals surface area contributed by atoms with Gasteiger partial charge in [0.2, 0.25) is 0 Å². The van der Waals surface area contributed by atoms with Crippen molar-refractivity contribution in [2.45, 2.75) is 20.8 Å². The van der Waals surface area contributed by atoms with Crippen LogP contribution in [0.5, 0.6) is 0 Å². The Morgan fingerprint density at radius 3 is 2.64 bits per heavy atom. The Balaban J connectivity index is 2.81. The predicted molar refractivity (Wildman–Crippen MR) is 48.3 cm³/mol. The van der Waals surface area contributed by atoms with Crippen molar-refractivity contribution in [2.24, 2.45) is 10.5 Å². The van der Waals surface area contributed by atoms with Crippen LogP contribution in [0.2, 0.25) is 0 Å². The van der Waals surface area contributed by atoms with Gasteiger partial charge >= 0.3 is 0 Å². The van der Waals surface area contributed by atoms with Gasteiger partial charge in [-0.2, -0.15) is 5.10 Å². The molecule has 0 spiro atoms. The summed E-state index contributed by atoms with van der Waals surface area (Å²) in [6, 6.07) is 0. The average Bonchev–Trinajstić information content (AvgIpc) is 2.10. The summed E-state index contributed by atoms with van der Waals surface area (Å²) in [5.41, 5.74) is 4.28. The van der Waals surface area contributed by atoms with E-state index >= 15 is 0 Å². The van der Waals surface area contributed by atoms with E-state index in [2.05, 4.69) is 31.3 Å². The number of rotatable bonds is 0. The Morgan fingerprint density at radius 2 is 2.00 bits per heavy atom. The quantitative estimate of drug-likeness (QED) is 0.561. The number of nitrogens with one attached hydrogen (secondary N) is 1. The fourth-order valence-electron chi connectivity index (χ4n) is 0.806. The number of hydrazone groups is 1. The summed E-state index contributed by atoms with van der Waals surface area (Å²) in [5, 5.41) is 3.99. The molecule has 0 saturated heterocycles. The molecule has 0 bridgehead atoms. The maximum Gasteiger partial charge on any atom is 0.0472 e. The molecule has 0 fully saturated rings. The first-order chi connectivity index (χ1) is 5.11. The van der Waals surface area contributed by atoms with E-state index in [0.717, 1.165) is 5.70 Å². The minimum atomic E-state index is 0.145. The first kappa shape index (κ1) is 8.05. The topological polar surface area (TPSA) is 24.4 Å². The van der Waals surface area contributed by atoms with Crippen molar-refractivity contribution >= 4 is 6.21 Å². The summed E-state index contributed by atoms with van der Waals surface area (Å²) >= 11 is 0. The Hall–Kier alpha value is -1.05. The van der Waals surface area contributed by atoms with E-state index in [1.165, 1.54) is 0 Å². The van der Waals surface area contributed by atoms with Crippen LogP contribution in [0.1, 0.15) is 20.8 Å². The highest BCUT2D eigenvalue weighted by Gasteiger charge is 2.15. The highest BCUT2D eigenvalue weighted by Crippen LogP contribution is 2.22. The lowest BCUT2D eigenvalue weighted by Crippen LogP contribution is -2.19. The molecule has 60 valence electrons. The van der Waals surface area contributed by atoms with Gasteiger partial charge in [0.25, 0.3) is 0 Å². The molecule has 0 radical (unpaired) electrons. The largest absolute Gasteiger partial charge is 0.282 e. The Bertz CT molecular complexity index is 216. The molecular formula is C9H14N2. The maximum atomic E-state index is 3.99. The van der Waals surface area contributed by atoms with Gasteiger partial charge in [0.1, 0.15) is 0 Å². The number of allylic oxidation sites excluding steroid dienone is 4. The second-order valence-corrected chi connectivity index (χ2v) is 3.61. The first-order valence-electron chi connectivity index (χ1n) is 3.77. The van der Waals surface area contributed by atoms with Gasteiger partial charge in [-0.3, -0.25) is 5.43 Å². The van der Waals surface area contributed by atoms with Crippen LogP contribution in [0.3, 0.4) is 0 Å². The van der Waals surface area contributed by atoms with Gasteiger partial charge in [0.05, 0.1) is 0 Å². The molecule has 0 saturated carbocycles. The molecule has 0 aliphatic carbocycles. The summed E-state index contributed by atoms with van der Waals surface area (Å²) in [6.45, 7) is 6.46. The third-order valence-electron chi connectivity index (χ3n) is 1.53. The SMILES string of the molecule is CC(C)(C)C1=CC=CC=NN1. The molecule has 1 rings (SSSR count). The van der Waals surface area contributed by atoms with E-state index in [0.29, 0.717) is 0 Å². The molecule has 11 heavy (non-hydrogen) atoms. The predicted octanol–water partition coefficient (Wildman–Crippen LogP) is 2.06. The normalized spacial score (nSPS) is 17.2. The smallest absolute Gasteiger partial charge is 0.0472 e. The average molecular weight is 150 g/mol. The lowest BCUT2D eigenvalue weighted by atomic mass is 9.92. The zero-order valence-electron chi connectivity index (χ0n) is 7.26. The molecule has 1 aliphatic heterocycles. The lowest BCUT2D eigenvalue weighted by Gasteiger charge is -2.21. The van der Waals surface area contributed by atoms with Crippen molar-refractivity contribution < 1.29 is 0 Å². The second kappa shape index (κ2) is 2.91. The van der Waals surface area contributed by atoms with Gasteiger partial charge in [-0.25, -0.2) is 0 Å². The van der Waals surface area contributed by atoms with Crippen LogP contribution in [-0.4, -0.2) is 6.21 Å². The minimum Gasteiger partial charge on any atom is -0.282 e. The van der Waals surface area contributed by atoms with Crippen LogP contribution in [0.15, 0.2) is 29.0 Å². The van der Waals surface area contributed by atoms with E-state index in [-0.39, 0.29) is 5.41 Å². The summed E-state index contributed by atoms with van der Waals surface area (Å²) in [4.78, 5) is 0. The van der Waals surface area contributed by atoms with Crippen LogP contribution in [0.25, 0.3) is 0 Å². The van der Waals surface area contributed by atoms with E-state index < -0.39 is 0 Å². The van der Waals surface area contributed by atoms with Crippen molar-refractivity contribution in [2.75, 3.05) is 0 Å². The van der Waals surface area contributed by atoms with Crippen molar-refractivity contribution in [1.29, 1.82) is 0 Å². The van der Waals surface area contributed by atoms with Crippen LogP contribution in [0.4, 0.5) is 0 Å². The summed E-state index contributed by atoms with van der Waals surface area (Å²) in [6.07, 6.45) is 7.69. The van der Waals surface area contributed by atoms with Gasteiger partial charge in [0, 0.05) is 17.3 Å². The Kier molecular flexibility index (Phi) is 2.13. The molecule has 0 atom stereocenters. The highest BCUT2D eigenvalue weighted by atomic mass is 15.3. The van der Waals surface area contributed by atoms with Gasteiger partial charge in [-0.15, -0.1) is 0 Å². The van der Waals surface area contributed by atoms with Gasteiger partial charge in [0.15, 0.2) is 0 Å². The third kappa shape index (κ3) is 2.22. The van der Waals surface area contributed by atoms with E-state index in [1.807, 2.05) is 18.2 Å². The van der Waals surface area contributed by atoms with Crippen molar-refractivity contribution in [3.8, 4) is 0 Å². The molecule has 2 heteroatoms. The monoisotopic (exact) mass is 150 g/mol. The van der Waals surface area contributed by atoms with Crippen LogP contribution in [0, 0.1) is 5.41 Å². The molecule has 0 aromatic heterocycles. The number of hydrogen-bond acceptors (Lipinski definition) is 2. The van der Waals surface area contributed by atoms with E-state index in [9.17, 15) is 0 Å². The molecule has 0 unspecified atom stereocenters. The molecule has 1 aliphatic rings. The van der Waals surface area contributed by atoms with Crippen molar-refractivity contribution in [1.82, 2.24) is 5.43 Å². The molecule has 0 aromatic rings. The highest BCUT2D eigenvalue weighted by molar-refractivity contribution is 5.71. The minimum absolute atomic E-state index is 0.145. The number of nitrogens with zero attached hydrogens (tertiary/aromatic N) is 1. The molecule has 1 heterocycles. The van der Waals surface area contributed by atoms with Crippen LogP contribution >= 0.6 is 0 Å². The van der Waals surface area contributed by atoms with Gasteiger partial charge < -0.3 is 0 Å². The molecule has 1 N–H and O–H groups in total. The first-order valence-corrected chi connectivity index (χ1v) is 3.77. The van der Waals surface area contributed by atoms with Crippen LogP contribution in [-0.2, 0) is 0 Å². The fourth-order valence-corrected chi connectivity index (χ4v) is 0.806. The number of hydrogen-bond donors (Lipinski definition) is 1. The Morgan fingerprint density at radius 1 is 1.27 bits per heavy atom. The zero-order valence-corrected chi connectivity index (χ0v) is 7.26. The third-order valence-corrected chi connectivity index (χ3v) is 1.53. The fraction of sp³-hybridized carbons (Fsp3) is 0.444. The lowest BCUT2D eigenvalue weighted by molar-refractivity contribution is 0.465. The van der Waals surface area contributed by atoms with Gasteiger partial charge in [-0.05, 0) is 12.2 Å². The standard InChI is InChI=1S/C9H14N2/c1-9(2,3)8-6-4-5-7-10-11-8/h4-7,11H,1-3H3. The molecule has 0 aromatic carbocycles. The summed E-state index contributed by atoms with van der Waals surface area (Å²) < 4.78 is 0. The molecule has 2 nitrogen and oxygen atoms in total. The zero-order chi connectivity index (χ0) is 8.32. The maximum absolute atomic E-state index is 3.99. The Labute approximate surface area is 67.7 Å². The summed E-state index contributed by atoms with van der Waals surface area (Å²) in [7, 11) is 0. The van der Waals surface area contributed by atoms with Gasteiger partial charge in [-0.1, -0.05) is 26.8 Å². The van der Waals surface area contributed by atoms with E-state index in [1.54, 1.807) is 6.21 Å². The van der Waals surface area contributed by atoms with Crippen molar-refractivity contribution in [3.05, 3.63) is 23.9 Å². The van der Waals surface area contributed by atoms with Crippen LogP contribution < -0.4 is 5.43 Å². The van der Waals surface area contributed by atoms with E-state index in [4.69, 9.17) is 0 Å².